The Balaban J connectivity index is 1.66. The molecule has 1 amide bonds. The Morgan fingerprint density at radius 1 is 1.24 bits per heavy atom. The highest BCUT2D eigenvalue weighted by molar-refractivity contribution is 7.99. The van der Waals surface area contributed by atoms with Crippen molar-refractivity contribution in [2.45, 2.75) is 43.8 Å². The molecule has 0 radical (unpaired) electrons. The van der Waals surface area contributed by atoms with Crippen molar-refractivity contribution in [1.29, 1.82) is 0 Å². The van der Waals surface area contributed by atoms with E-state index in [0.29, 0.717) is 29.0 Å². The highest BCUT2D eigenvalue weighted by Crippen LogP contribution is 2.25. The maximum atomic E-state index is 12.6. The Labute approximate surface area is 152 Å². The van der Waals surface area contributed by atoms with E-state index in [1.165, 1.54) is 31.0 Å². The van der Waals surface area contributed by atoms with Crippen molar-refractivity contribution < 1.29 is 9.21 Å². The van der Waals surface area contributed by atoms with Crippen molar-refractivity contribution in [3.05, 3.63) is 31.1 Å². The zero-order chi connectivity index (χ0) is 17.5. The molecule has 3 rings (SSSR count). The van der Waals surface area contributed by atoms with Gasteiger partial charge in [-0.05, 0) is 25.0 Å². The Morgan fingerprint density at radius 2 is 2.00 bits per heavy atom. The van der Waals surface area contributed by atoms with Crippen LogP contribution in [0.2, 0.25) is 0 Å². The third kappa shape index (κ3) is 4.54. The molecule has 6 nitrogen and oxygen atoms in total. The SMILES string of the molecule is C=CCn1c(SCC(=O)N2CCCCCCC2)nnc1-c1ccco1. The van der Waals surface area contributed by atoms with E-state index in [1.807, 2.05) is 21.6 Å². The molecule has 134 valence electrons. The molecule has 1 fully saturated rings. The van der Waals surface area contributed by atoms with Gasteiger partial charge in [-0.25, -0.2) is 0 Å². The van der Waals surface area contributed by atoms with Crippen molar-refractivity contribution in [3.63, 3.8) is 0 Å². The number of rotatable bonds is 6. The molecule has 25 heavy (non-hydrogen) atoms. The zero-order valence-electron chi connectivity index (χ0n) is 14.4. The van der Waals surface area contributed by atoms with Crippen LogP contribution in [0.15, 0.2) is 40.6 Å². The predicted octanol–water partition coefficient (Wildman–Crippen LogP) is 3.61. The number of hydrogen-bond acceptors (Lipinski definition) is 5. The van der Waals surface area contributed by atoms with E-state index in [2.05, 4.69) is 16.8 Å². The molecule has 0 atom stereocenters. The molecule has 0 bridgehead atoms. The number of aromatic nitrogens is 3. The highest BCUT2D eigenvalue weighted by atomic mass is 32.2. The number of amides is 1. The fourth-order valence-electron chi connectivity index (χ4n) is 2.99. The summed E-state index contributed by atoms with van der Waals surface area (Å²) in [7, 11) is 0. The minimum atomic E-state index is 0.180. The summed E-state index contributed by atoms with van der Waals surface area (Å²) in [4.78, 5) is 14.5. The van der Waals surface area contributed by atoms with Crippen molar-refractivity contribution in [1.82, 2.24) is 19.7 Å². The lowest BCUT2D eigenvalue weighted by molar-refractivity contribution is -0.128. The van der Waals surface area contributed by atoms with Crippen LogP contribution in [-0.2, 0) is 11.3 Å². The number of thioether (sulfide) groups is 1. The summed E-state index contributed by atoms with van der Waals surface area (Å²) >= 11 is 1.43. The van der Waals surface area contributed by atoms with Crippen LogP contribution in [-0.4, -0.2) is 44.4 Å². The minimum Gasteiger partial charge on any atom is -0.461 e. The first-order valence-corrected chi connectivity index (χ1v) is 9.76. The Bertz CT molecular complexity index is 688. The van der Waals surface area contributed by atoms with E-state index in [0.717, 1.165) is 25.9 Å². The quantitative estimate of drug-likeness (QED) is 0.582. The monoisotopic (exact) mass is 360 g/mol. The number of likely N-dealkylation sites (tertiary alicyclic amines) is 1. The fraction of sp³-hybridized carbons (Fsp3) is 0.500. The van der Waals surface area contributed by atoms with Gasteiger partial charge in [-0.1, -0.05) is 37.1 Å². The van der Waals surface area contributed by atoms with Crippen molar-refractivity contribution >= 4 is 17.7 Å². The molecule has 0 saturated carbocycles. The van der Waals surface area contributed by atoms with Gasteiger partial charge in [0.05, 0.1) is 12.0 Å². The first-order valence-electron chi connectivity index (χ1n) is 8.78. The lowest BCUT2D eigenvalue weighted by Gasteiger charge is -2.24. The molecule has 1 aliphatic rings. The smallest absolute Gasteiger partial charge is 0.233 e. The molecule has 0 N–H and O–H groups in total. The van der Waals surface area contributed by atoms with Crippen LogP contribution < -0.4 is 0 Å². The summed E-state index contributed by atoms with van der Waals surface area (Å²) in [6.07, 6.45) is 9.34. The van der Waals surface area contributed by atoms with Gasteiger partial charge < -0.3 is 9.32 Å². The summed E-state index contributed by atoms with van der Waals surface area (Å²) in [5.41, 5.74) is 0. The topological polar surface area (TPSA) is 64.2 Å². The van der Waals surface area contributed by atoms with Crippen LogP contribution >= 0.6 is 11.8 Å². The average molecular weight is 360 g/mol. The van der Waals surface area contributed by atoms with Crippen LogP contribution in [0.1, 0.15) is 32.1 Å². The molecular weight excluding hydrogens is 336 g/mol. The van der Waals surface area contributed by atoms with E-state index in [4.69, 9.17) is 4.42 Å². The van der Waals surface area contributed by atoms with Crippen LogP contribution in [0.4, 0.5) is 0 Å². The second kappa shape index (κ2) is 8.89. The molecule has 0 aliphatic carbocycles. The lowest BCUT2D eigenvalue weighted by atomic mass is 10.1. The van der Waals surface area contributed by atoms with Gasteiger partial charge in [-0.15, -0.1) is 16.8 Å². The molecule has 2 aromatic rings. The first-order chi connectivity index (χ1) is 12.3. The average Bonchev–Trinajstić information content (AvgIpc) is 3.22. The number of carbonyl (C=O) groups excluding carboxylic acids is 1. The van der Waals surface area contributed by atoms with Crippen LogP contribution in [0.25, 0.3) is 11.6 Å². The molecule has 0 spiro atoms. The number of nitrogens with zero attached hydrogens (tertiary/aromatic N) is 4. The van der Waals surface area contributed by atoms with Crippen LogP contribution in [0.5, 0.6) is 0 Å². The maximum absolute atomic E-state index is 12.6. The standard InChI is InChI=1S/C18H24N4O2S/c1-2-10-22-17(15-9-8-13-24-15)19-20-18(22)25-14-16(23)21-11-6-4-3-5-7-12-21/h2,8-9,13H,1,3-7,10-12,14H2. The second-order valence-electron chi connectivity index (χ2n) is 6.12. The van der Waals surface area contributed by atoms with E-state index >= 15 is 0 Å². The summed E-state index contributed by atoms with van der Waals surface area (Å²) in [5, 5.41) is 9.17. The summed E-state index contributed by atoms with van der Waals surface area (Å²) in [6.45, 7) is 6.11. The van der Waals surface area contributed by atoms with Gasteiger partial charge in [0.25, 0.3) is 0 Å². The van der Waals surface area contributed by atoms with Crippen molar-refractivity contribution in [2.24, 2.45) is 0 Å². The third-order valence-electron chi connectivity index (χ3n) is 4.30. The first kappa shape index (κ1) is 17.8. The maximum Gasteiger partial charge on any atom is 0.233 e. The van der Waals surface area contributed by atoms with Gasteiger partial charge in [-0.3, -0.25) is 9.36 Å². The van der Waals surface area contributed by atoms with Gasteiger partial charge in [0.2, 0.25) is 11.7 Å². The molecule has 7 heteroatoms. The molecular formula is C18H24N4O2S. The summed E-state index contributed by atoms with van der Waals surface area (Å²) in [6, 6.07) is 3.67. The van der Waals surface area contributed by atoms with Gasteiger partial charge in [-0.2, -0.15) is 0 Å². The van der Waals surface area contributed by atoms with Crippen LogP contribution in [0.3, 0.4) is 0 Å². The molecule has 1 saturated heterocycles. The molecule has 0 unspecified atom stereocenters. The Kier molecular flexibility index (Phi) is 6.33. The number of carbonyl (C=O) groups is 1. The molecule has 3 heterocycles. The number of allylic oxidation sites excluding steroid dienone is 1. The van der Waals surface area contributed by atoms with Crippen molar-refractivity contribution in [2.75, 3.05) is 18.8 Å². The van der Waals surface area contributed by atoms with E-state index in [1.54, 1.807) is 12.3 Å². The highest BCUT2D eigenvalue weighted by Gasteiger charge is 2.19. The van der Waals surface area contributed by atoms with Crippen molar-refractivity contribution in [3.8, 4) is 11.6 Å². The second-order valence-corrected chi connectivity index (χ2v) is 7.06. The third-order valence-corrected chi connectivity index (χ3v) is 5.26. The van der Waals surface area contributed by atoms with Gasteiger partial charge in [0.1, 0.15) is 0 Å². The minimum absolute atomic E-state index is 0.180. The van der Waals surface area contributed by atoms with E-state index < -0.39 is 0 Å². The Morgan fingerprint density at radius 3 is 2.68 bits per heavy atom. The normalized spacial score (nSPS) is 15.6. The predicted molar refractivity (Wildman–Crippen MR) is 98.3 cm³/mol. The number of furan rings is 1. The van der Waals surface area contributed by atoms with Gasteiger partial charge >= 0.3 is 0 Å². The summed E-state index contributed by atoms with van der Waals surface area (Å²) in [5.74, 6) is 1.88. The largest absolute Gasteiger partial charge is 0.461 e. The fourth-order valence-corrected chi connectivity index (χ4v) is 3.84. The van der Waals surface area contributed by atoms with Gasteiger partial charge in [0, 0.05) is 19.6 Å². The molecule has 0 aromatic carbocycles. The van der Waals surface area contributed by atoms with Crippen LogP contribution in [0, 0.1) is 0 Å². The van der Waals surface area contributed by atoms with E-state index in [9.17, 15) is 4.79 Å². The number of hydrogen-bond donors (Lipinski definition) is 0. The lowest BCUT2D eigenvalue weighted by Crippen LogP contribution is -2.35. The summed E-state index contributed by atoms with van der Waals surface area (Å²) < 4.78 is 7.35. The Hall–Kier alpha value is -2.02. The van der Waals surface area contributed by atoms with Gasteiger partial charge in [0.15, 0.2) is 10.9 Å². The zero-order valence-corrected chi connectivity index (χ0v) is 15.2. The van der Waals surface area contributed by atoms with E-state index in [-0.39, 0.29) is 5.91 Å². The molecule has 1 aliphatic heterocycles. The molecule has 2 aromatic heterocycles.